The Bertz CT molecular complexity index is 518. The van der Waals surface area contributed by atoms with Gasteiger partial charge in [0, 0.05) is 12.1 Å². The van der Waals surface area contributed by atoms with Crippen LogP contribution >= 0.6 is 12.4 Å². The van der Waals surface area contributed by atoms with Crippen LogP contribution in [0.4, 0.5) is 13.2 Å². The number of halogens is 4. The molecule has 0 saturated heterocycles. The zero-order valence-corrected chi connectivity index (χ0v) is 12.8. The minimum atomic E-state index is -4.74. The Hall–Kier alpha value is -1.47. The van der Waals surface area contributed by atoms with E-state index in [-0.39, 0.29) is 29.6 Å². The third kappa shape index (κ3) is 4.78. The number of alkyl halides is 3. The van der Waals surface area contributed by atoms with Crippen molar-refractivity contribution in [2.45, 2.75) is 31.7 Å². The number of rotatable bonds is 5. The summed E-state index contributed by atoms with van der Waals surface area (Å²) >= 11 is 0. The Balaban J connectivity index is 0.00000242. The van der Waals surface area contributed by atoms with Crippen LogP contribution in [-0.4, -0.2) is 24.4 Å². The van der Waals surface area contributed by atoms with Crippen molar-refractivity contribution in [3.05, 3.63) is 29.8 Å². The van der Waals surface area contributed by atoms with E-state index in [1.165, 1.54) is 12.1 Å². The molecule has 22 heavy (non-hydrogen) atoms. The van der Waals surface area contributed by atoms with Crippen molar-refractivity contribution >= 4 is 18.3 Å². The maximum atomic E-state index is 12.1. The molecule has 0 spiro atoms. The van der Waals surface area contributed by atoms with Gasteiger partial charge in [-0.1, -0.05) is 0 Å². The molecule has 0 radical (unpaired) electrons. The summed E-state index contributed by atoms with van der Waals surface area (Å²) in [5.41, 5.74) is 5.50. The zero-order valence-electron chi connectivity index (χ0n) is 11.9. The molecule has 1 atom stereocenters. The molecule has 1 fully saturated rings. The average Bonchev–Trinajstić information content (AvgIpc) is 3.22. The number of ether oxygens (including phenoxy) is 1. The molecule has 1 unspecified atom stereocenters. The van der Waals surface area contributed by atoms with E-state index in [0.29, 0.717) is 12.5 Å². The van der Waals surface area contributed by atoms with Crippen molar-refractivity contribution < 1.29 is 22.7 Å². The lowest BCUT2D eigenvalue weighted by Crippen LogP contribution is -2.53. The third-order valence-corrected chi connectivity index (χ3v) is 3.65. The molecular weight excluding hydrogens is 321 g/mol. The summed E-state index contributed by atoms with van der Waals surface area (Å²) in [5.74, 6) is -0.351. The molecule has 1 amide bonds. The standard InChI is InChI=1S/C14H17F3N2O2.ClH/c1-13(8-18,10-4-5-10)19-12(20)9-2-6-11(7-3-9)21-14(15,16)17;/h2-3,6-7,10H,4-5,8,18H2,1H3,(H,19,20);1H. The van der Waals surface area contributed by atoms with Gasteiger partial charge in [0.05, 0.1) is 5.54 Å². The van der Waals surface area contributed by atoms with Crippen molar-refractivity contribution in [3.63, 3.8) is 0 Å². The van der Waals surface area contributed by atoms with Crippen LogP contribution in [0.1, 0.15) is 30.1 Å². The first-order valence-corrected chi connectivity index (χ1v) is 6.62. The van der Waals surface area contributed by atoms with Gasteiger partial charge in [-0.15, -0.1) is 25.6 Å². The Morgan fingerprint density at radius 1 is 1.32 bits per heavy atom. The van der Waals surface area contributed by atoms with Crippen molar-refractivity contribution in [2.75, 3.05) is 6.54 Å². The fraction of sp³-hybridized carbons (Fsp3) is 0.500. The Morgan fingerprint density at radius 2 is 1.86 bits per heavy atom. The van der Waals surface area contributed by atoms with Crippen LogP contribution in [0.25, 0.3) is 0 Å². The molecule has 0 aliphatic heterocycles. The van der Waals surface area contributed by atoms with Crippen LogP contribution in [0, 0.1) is 5.92 Å². The molecule has 4 nitrogen and oxygen atoms in total. The van der Waals surface area contributed by atoms with Crippen LogP contribution in [0.5, 0.6) is 5.75 Å². The number of hydrogen-bond acceptors (Lipinski definition) is 3. The number of hydrogen-bond donors (Lipinski definition) is 2. The lowest BCUT2D eigenvalue weighted by atomic mass is 9.95. The van der Waals surface area contributed by atoms with Gasteiger partial charge in [-0.3, -0.25) is 4.79 Å². The Labute approximate surface area is 132 Å². The highest BCUT2D eigenvalue weighted by Gasteiger charge is 2.41. The topological polar surface area (TPSA) is 64.3 Å². The van der Waals surface area contributed by atoms with Crippen molar-refractivity contribution in [1.82, 2.24) is 5.32 Å². The lowest BCUT2D eigenvalue weighted by molar-refractivity contribution is -0.274. The molecule has 0 heterocycles. The predicted molar refractivity (Wildman–Crippen MR) is 78.0 cm³/mol. The summed E-state index contributed by atoms with van der Waals surface area (Å²) < 4.78 is 39.9. The van der Waals surface area contributed by atoms with Crippen LogP contribution < -0.4 is 15.8 Å². The molecule has 3 N–H and O–H groups in total. The van der Waals surface area contributed by atoms with E-state index in [0.717, 1.165) is 25.0 Å². The van der Waals surface area contributed by atoms with Crippen LogP contribution in [-0.2, 0) is 0 Å². The van der Waals surface area contributed by atoms with E-state index in [2.05, 4.69) is 10.1 Å². The lowest BCUT2D eigenvalue weighted by Gasteiger charge is -2.29. The summed E-state index contributed by atoms with van der Waals surface area (Å²) in [4.78, 5) is 12.1. The van der Waals surface area contributed by atoms with Crippen LogP contribution in [0.15, 0.2) is 24.3 Å². The van der Waals surface area contributed by atoms with Gasteiger partial charge in [0.15, 0.2) is 0 Å². The number of carbonyl (C=O) groups excluding carboxylic acids is 1. The van der Waals surface area contributed by atoms with E-state index >= 15 is 0 Å². The summed E-state index contributed by atoms with van der Waals surface area (Å²) in [6.07, 6.45) is -2.70. The SMILES string of the molecule is CC(CN)(NC(=O)c1ccc(OC(F)(F)F)cc1)C1CC1.Cl. The number of carbonyl (C=O) groups is 1. The highest BCUT2D eigenvalue weighted by atomic mass is 35.5. The molecule has 0 aromatic heterocycles. The Kier molecular flexibility index (Phi) is 5.70. The highest BCUT2D eigenvalue weighted by Crippen LogP contribution is 2.39. The van der Waals surface area contributed by atoms with Crippen LogP contribution in [0.2, 0.25) is 0 Å². The maximum Gasteiger partial charge on any atom is 0.573 e. The van der Waals surface area contributed by atoms with E-state index in [9.17, 15) is 18.0 Å². The van der Waals surface area contributed by atoms with Gasteiger partial charge >= 0.3 is 6.36 Å². The van der Waals surface area contributed by atoms with Crippen LogP contribution in [0.3, 0.4) is 0 Å². The second kappa shape index (κ2) is 6.75. The molecule has 1 aliphatic rings. The minimum absolute atomic E-state index is 0. The first kappa shape index (κ1) is 18.6. The van der Waals surface area contributed by atoms with Gasteiger partial charge in [0.1, 0.15) is 5.75 Å². The maximum absolute atomic E-state index is 12.1. The molecule has 124 valence electrons. The second-order valence-corrected chi connectivity index (χ2v) is 5.42. The zero-order chi connectivity index (χ0) is 15.7. The summed E-state index contributed by atoms with van der Waals surface area (Å²) in [6.45, 7) is 2.20. The van der Waals surface area contributed by atoms with Gasteiger partial charge in [-0.2, -0.15) is 0 Å². The van der Waals surface area contributed by atoms with Crippen molar-refractivity contribution in [2.24, 2.45) is 11.7 Å². The Morgan fingerprint density at radius 3 is 2.27 bits per heavy atom. The summed E-state index contributed by atoms with van der Waals surface area (Å²) in [6, 6.07) is 4.80. The predicted octanol–water partition coefficient (Wildman–Crippen LogP) is 2.86. The number of amides is 1. The van der Waals surface area contributed by atoms with Gasteiger partial charge < -0.3 is 15.8 Å². The smallest absolute Gasteiger partial charge is 0.406 e. The summed E-state index contributed by atoms with van der Waals surface area (Å²) in [7, 11) is 0. The van der Waals surface area contributed by atoms with Gasteiger partial charge in [0.2, 0.25) is 0 Å². The van der Waals surface area contributed by atoms with Crippen molar-refractivity contribution in [1.29, 1.82) is 0 Å². The summed E-state index contributed by atoms with van der Waals surface area (Å²) in [5, 5.41) is 2.86. The quantitative estimate of drug-likeness (QED) is 0.867. The number of nitrogens with one attached hydrogen (secondary N) is 1. The molecule has 1 saturated carbocycles. The first-order chi connectivity index (χ1) is 9.73. The highest BCUT2D eigenvalue weighted by molar-refractivity contribution is 5.94. The molecule has 1 aromatic carbocycles. The van der Waals surface area contributed by atoms with E-state index in [4.69, 9.17) is 5.73 Å². The average molecular weight is 339 g/mol. The molecule has 2 rings (SSSR count). The molecule has 0 bridgehead atoms. The van der Waals surface area contributed by atoms with E-state index in [1.54, 1.807) is 0 Å². The van der Waals surface area contributed by atoms with E-state index in [1.807, 2.05) is 6.92 Å². The largest absolute Gasteiger partial charge is 0.573 e. The third-order valence-electron chi connectivity index (χ3n) is 3.65. The van der Waals surface area contributed by atoms with Gasteiger partial charge in [-0.05, 0) is 49.9 Å². The van der Waals surface area contributed by atoms with Gasteiger partial charge in [0.25, 0.3) is 5.91 Å². The normalized spacial score (nSPS) is 17.1. The van der Waals surface area contributed by atoms with Crippen molar-refractivity contribution in [3.8, 4) is 5.75 Å². The fourth-order valence-electron chi connectivity index (χ4n) is 2.18. The number of nitrogens with two attached hydrogens (primary N) is 1. The molecule has 8 heteroatoms. The van der Waals surface area contributed by atoms with Gasteiger partial charge in [-0.25, -0.2) is 0 Å². The molecular formula is C14H18ClF3N2O2. The fourth-order valence-corrected chi connectivity index (χ4v) is 2.18. The monoisotopic (exact) mass is 338 g/mol. The second-order valence-electron chi connectivity index (χ2n) is 5.42. The molecule has 1 aliphatic carbocycles. The van der Waals surface area contributed by atoms with E-state index < -0.39 is 11.9 Å². The molecule has 1 aromatic rings. The minimum Gasteiger partial charge on any atom is -0.406 e. The first-order valence-electron chi connectivity index (χ1n) is 6.62. The number of benzene rings is 1.